The minimum absolute atomic E-state index is 0.00576. The van der Waals surface area contributed by atoms with E-state index in [0.29, 0.717) is 47.6 Å². The molecule has 0 radical (unpaired) electrons. The molecule has 4 nitrogen and oxygen atoms in total. The average molecular weight is 441 g/mol. The smallest absolute Gasteiger partial charge is 0.165 e. The Bertz CT molecular complexity index is 896. The lowest BCUT2D eigenvalue weighted by atomic mass is 9.44. The number of allylic oxidation sites excluding steroid dienone is 1. The van der Waals surface area contributed by atoms with Crippen molar-refractivity contribution in [3.8, 4) is 0 Å². The van der Waals surface area contributed by atoms with Crippen LogP contribution in [0.1, 0.15) is 85.5 Å². The molecule has 7 rings (SSSR count). The summed E-state index contributed by atoms with van der Waals surface area (Å²) >= 11 is 0. The lowest BCUT2D eigenvalue weighted by Crippen LogP contribution is -2.60. The number of epoxide rings is 1. The molecular weight excluding hydrogens is 400 g/mol. The molecule has 11 atom stereocenters. The normalized spacial score (nSPS) is 58.9. The second-order valence-corrected chi connectivity index (χ2v) is 13.4. The van der Waals surface area contributed by atoms with Gasteiger partial charge in [0.05, 0.1) is 17.8 Å². The highest BCUT2D eigenvalue weighted by atomic mass is 16.7. The summed E-state index contributed by atoms with van der Waals surface area (Å²) in [5.41, 5.74) is 1.61. The molecule has 2 spiro atoms. The predicted octanol–water partition coefficient (Wildman–Crippen LogP) is 5.44. The Balaban J connectivity index is 1.21. The molecule has 3 heterocycles. The van der Waals surface area contributed by atoms with E-state index in [4.69, 9.17) is 14.2 Å². The number of carbonyl (C=O) groups excluding carboxylic acids is 1. The molecule has 3 saturated heterocycles. The molecule has 0 aromatic rings. The number of ether oxygens (including phenoxy) is 3. The van der Waals surface area contributed by atoms with E-state index >= 15 is 0 Å². The van der Waals surface area contributed by atoms with Crippen molar-refractivity contribution in [1.29, 1.82) is 0 Å². The van der Waals surface area contributed by atoms with Crippen molar-refractivity contribution in [3.63, 3.8) is 0 Å². The number of hydrogen-bond donors (Lipinski definition) is 0. The van der Waals surface area contributed by atoms with Gasteiger partial charge in [0, 0.05) is 30.1 Å². The summed E-state index contributed by atoms with van der Waals surface area (Å²) in [5.74, 6) is 3.16. The molecule has 7 aliphatic rings. The summed E-state index contributed by atoms with van der Waals surface area (Å²) in [5, 5.41) is 0. The van der Waals surface area contributed by atoms with Gasteiger partial charge in [0.15, 0.2) is 6.29 Å². The second-order valence-electron chi connectivity index (χ2n) is 13.4. The minimum atomic E-state index is -0.113. The van der Waals surface area contributed by atoms with Crippen molar-refractivity contribution in [2.24, 2.45) is 40.4 Å². The van der Waals surface area contributed by atoms with Gasteiger partial charge in [-0.1, -0.05) is 32.9 Å². The molecule has 4 aliphatic carbocycles. The third kappa shape index (κ3) is 2.20. The number of carbonyl (C=O) groups is 1. The molecule has 0 N–H and O–H groups in total. The van der Waals surface area contributed by atoms with Crippen LogP contribution >= 0.6 is 0 Å². The molecule has 2 bridgehead atoms. The zero-order chi connectivity index (χ0) is 22.3. The van der Waals surface area contributed by atoms with Gasteiger partial charge >= 0.3 is 0 Å². The molecule has 0 amide bonds. The van der Waals surface area contributed by atoms with Crippen LogP contribution in [-0.4, -0.2) is 35.5 Å². The van der Waals surface area contributed by atoms with E-state index in [2.05, 4.69) is 34.3 Å². The Labute approximate surface area is 192 Å². The molecule has 7 fully saturated rings. The quantitative estimate of drug-likeness (QED) is 0.431. The molecule has 32 heavy (non-hydrogen) atoms. The number of hydrogen-bond acceptors (Lipinski definition) is 4. The van der Waals surface area contributed by atoms with Crippen molar-refractivity contribution in [2.75, 3.05) is 0 Å². The van der Waals surface area contributed by atoms with E-state index < -0.39 is 0 Å². The number of fused-ring (bicyclic) bond motifs is 2. The van der Waals surface area contributed by atoms with E-state index in [0.717, 1.165) is 44.9 Å². The van der Waals surface area contributed by atoms with Gasteiger partial charge in [0.25, 0.3) is 0 Å². The topological polar surface area (TPSA) is 48.1 Å². The predicted molar refractivity (Wildman–Crippen MR) is 121 cm³/mol. The summed E-state index contributed by atoms with van der Waals surface area (Å²) in [4.78, 5) is 12.3. The number of rotatable bonds is 4. The summed E-state index contributed by atoms with van der Waals surface area (Å²) in [6.07, 6.45) is 9.94. The lowest BCUT2D eigenvalue weighted by molar-refractivity contribution is -0.175. The van der Waals surface area contributed by atoms with Gasteiger partial charge < -0.3 is 14.2 Å². The summed E-state index contributed by atoms with van der Waals surface area (Å²) in [7, 11) is 0. The van der Waals surface area contributed by atoms with Crippen LogP contribution in [0.5, 0.6) is 0 Å². The van der Waals surface area contributed by atoms with E-state index in [-0.39, 0.29) is 28.3 Å². The first-order valence-corrected chi connectivity index (χ1v) is 13.4. The van der Waals surface area contributed by atoms with Crippen LogP contribution in [0.25, 0.3) is 0 Å². The van der Waals surface area contributed by atoms with Crippen molar-refractivity contribution < 1.29 is 19.0 Å². The second kappa shape index (κ2) is 6.10. The van der Waals surface area contributed by atoms with Gasteiger partial charge in [0.2, 0.25) is 0 Å². The first kappa shape index (κ1) is 20.6. The van der Waals surface area contributed by atoms with E-state index in [9.17, 15) is 4.79 Å². The van der Waals surface area contributed by atoms with Crippen molar-refractivity contribution in [3.05, 3.63) is 12.2 Å². The zero-order valence-electron chi connectivity index (χ0n) is 20.3. The zero-order valence-corrected chi connectivity index (χ0v) is 20.3. The van der Waals surface area contributed by atoms with Crippen LogP contribution in [0.2, 0.25) is 0 Å². The SMILES string of the molecule is C=C(CCC1(C)OC2OC3CC1C21CCC2C4(C)CCC(=O)CC4CC4OC42C31)C(C)C. The highest BCUT2D eigenvalue weighted by Crippen LogP contribution is 2.81. The van der Waals surface area contributed by atoms with Crippen LogP contribution < -0.4 is 0 Å². The minimum Gasteiger partial charge on any atom is -0.365 e. The van der Waals surface area contributed by atoms with Crippen LogP contribution in [0.4, 0.5) is 0 Å². The fraction of sp³-hybridized carbons (Fsp3) is 0.893. The van der Waals surface area contributed by atoms with Gasteiger partial charge in [-0.25, -0.2) is 0 Å². The highest BCUT2D eigenvalue weighted by Gasteiger charge is 2.87. The molecule has 0 aromatic heterocycles. The van der Waals surface area contributed by atoms with Gasteiger partial charge in [-0.2, -0.15) is 0 Å². The molecule has 4 heteroatoms. The Morgan fingerprint density at radius 3 is 2.75 bits per heavy atom. The fourth-order valence-electron chi connectivity index (χ4n) is 10.3. The largest absolute Gasteiger partial charge is 0.365 e. The van der Waals surface area contributed by atoms with Crippen LogP contribution in [0.15, 0.2) is 12.2 Å². The first-order chi connectivity index (χ1) is 15.1. The standard InChI is InChI=1S/C28H40O4/c1-15(2)16(3)6-10-26(5)21-14-19-23-27(21,24(30-19)32-26)11-8-20-25(4)9-7-18(29)12-17(25)13-22-28(20,23)31-22/h15,17,19-24H,3,6-14H2,1-2,4-5H3. The van der Waals surface area contributed by atoms with Crippen molar-refractivity contribution in [2.45, 2.75) is 115 Å². The number of Topliss-reactive ketones (excluding diaryl/α,β-unsaturated/α-hetero) is 1. The van der Waals surface area contributed by atoms with Gasteiger partial charge in [-0.15, -0.1) is 0 Å². The lowest BCUT2D eigenvalue weighted by Gasteiger charge is -2.57. The third-order valence-electron chi connectivity index (χ3n) is 12.0. The monoisotopic (exact) mass is 440 g/mol. The third-order valence-corrected chi connectivity index (χ3v) is 12.0. The summed E-state index contributed by atoms with van der Waals surface area (Å²) < 4.78 is 20.3. The van der Waals surface area contributed by atoms with Gasteiger partial charge in [0.1, 0.15) is 11.4 Å². The Hall–Kier alpha value is -0.710. The van der Waals surface area contributed by atoms with Crippen LogP contribution in [0.3, 0.4) is 0 Å². The Morgan fingerprint density at radius 1 is 1.16 bits per heavy atom. The maximum atomic E-state index is 12.3. The maximum absolute atomic E-state index is 12.3. The average Bonchev–Trinajstić information content (AvgIpc) is 3.15. The van der Waals surface area contributed by atoms with Crippen LogP contribution in [0, 0.1) is 40.4 Å². The molecule has 11 unspecified atom stereocenters. The molecule has 176 valence electrons. The molecule has 3 aliphatic heterocycles. The summed E-state index contributed by atoms with van der Waals surface area (Å²) in [6.45, 7) is 13.7. The van der Waals surface area contributed by atoms with Gasteiger partial charge in [-0.05, 0) is 75.0 Å². The van der Waals surface area contributed by atoms with Gasteiger partial charge in [-0.3, -0.25) is 4.79 Å². The van der Waals surface area contributed by atoms with Crippen molar-refractivity contribution >= 4 is 5.78 Å². The molecular formula is C28H40O4. The highest BCUT2D eigenvalue weighted by molar-refractivity contribution is 5.79. The van der Waals surface area contributed by atoms with E-state index in [1.807, 2.05) is 0 Å². The summed E-state index contributed by atoms with van der Waals surface area (Å²) in [6, 6.07) is 0. The Morgan fingerprint density at radius 2 is 1.97 bits per heavy atom. The molecule has 0 aromatic carbocycles. The van der Waals surface area contributed by atoms with E-state index in [1.54, 1.807) is 0 Å². The molecule has 4 saturated carbocycles. The fourth-order valence-corrected chi connectivity index (χ4v) is 10.3. The van der Waals surface area contributed by atoms with E-state index in [1.165, 1.54) is 18.4 Å². The maximum Gasteiger partial charge on any atom is 0.165 e. The Kier molecular flexibility index (Phi) is 3.93. The number of ketones is 1. The van der Waals surface area contributed by atoms with Crippen molar-refractivity contribution in [1.82, 2.24) is 0 Å². The van der Waals surface area contributed by atoms with Crippen LogP contribution in [-0.2, 0) is 19.0 Å². The first-order valence-electron chi connectivity index (χ1n) is 13.4.